The van der Waals surface area contributed by atoms with Gasteiger partial charge in [-0.15, -0.1) is 0 Å². The van der Waals surface area contributed by atoms with Crippen molar-refractivity contribution >= 4 is 20.8 Å². The Bertz CT molecular complexity index is 1190. The molecule has 0 saturated heterocycles. The molecule has 0 amide bonds. The molecular formula is C18H16N4O2S. The number of hydrogen-bond donors (Lipinski definition) is 1. The highest BCUT2D eigenvalue weighted by Gasteiger charge is 2.14. The van der Waals surface area contributed by atoms with Gasteiger partial charge in [-0.1, -0.05) is 12.1 Å². The zero-order valence-corrected chi connectivity index (χ0v) is 14.6. The summed E-state index contributed by atoms with van der Waals surface area (Å²) in [4.78, 5) is 4.87. The summed E-state index contributed by atoms with van der Waals surface area (Å²) in [5.74, 6) is 0.694. The van der Waals surface area contributed by atoms with Gasteiger partial charge in [-0.2, -0.15) is 5.10 Å². The fraction of sp³-hybridized carbons (Fsp3) is 0.111. The summed E-state index contributed by atoms with van der Waals surface area (Å²) >= 11 is 0. The van der Waals surface area contributed by atoms with E-state index in [-0.39, 0.29) is 0 Å². The molecule has 0 aliphatic rings. The lowest BCUT2D eigenvalue weighted by atomic mass is 10.1. The molecule has 0 spiro atoms. The van der Waals surface area contributed by atoms with Gasteiger partial charge >= 0.3 is 0 Å². The van der Waals surface area contributed by atoms with Crippen LogP contribution in [0.1, 0.15) is 0 Å². The van der Waals surface area contributed by atoms with Gasteiger partial charge in [0.25, 0.3) is 0 Å². The molecule has 0 aliphatic carbocycles. The Balaban J connectivity index is 1.90. The fourth-order valence-corrected chi connectivity index (χ4v) is 3.45. The molecule has 1 unspecified atom stereocenters. The first kappa shape index (κ1) is 15.6. The van der Waals surface area contributed by atoms with E-state index in [2.05, 4.69) is 10.1 Å². The summed E-state index contributed by atoms with van der Waals surface area (Å²) in [5.41, 5.74) is 3.98. The van der Waals surface area contributed by atoms with Gasteiger partial charge in [-0.05, 0) is 23.8 Å². The third kappa shape index (κ3) is 2.83. The topological polar surface area (TPSA) is 84.8 Å². The van der Waals surface area contributed by atoms with Crippen LogP contribution >= 0.6 is 0 Å². The van der Waals surface area contributed by atoms with Crippen molar-refractivity contribution in [1.29, 1.82) is 4.78 Å². The molecule has 1 N–H and O–H groups in total. The first-order valence-corrected chi connectivity index (χ1v) is 9.60. The third-order valence-electron chi connectivity index (χ3n) is 4.00. The fourth-order valence-electron chi connectivity index (χ4n) is 2.76. The summed E-state index contributed by atoms with van der Waals surface area (Å²) in [7, 11) is -0.927. The van der Waals surface area contributed by atoms with Crippen molar-refractivity contribution in [1.82, 2.24) is 14.8 Å². The van der Waals surface area contributed by atoms with Crippen molar-refractivity contribution in [3.8, 4) is 22.5 Å². The Kier molecular flexibility index (Phi) is 3.47. The van der Waals surface area contributed by atoms with Gasteiger partial charge in [0.05, 0.1) is 21.5 Å². The van der Waals surface area contributed by atoms with E-state index in [1.165, 1.54) is 6.26 Å². The van der Waals surface area contributed by atoms with E-state index in [4.69, 9.17) is 9.20 Å². The predicted octanol–water partition coefficient (Wildman–Crippen LogP) is 3.93. The van der Waals surface area contributed by atoms with E-state index in [0.717, 1.165) is 22.2 Å². The molecule has 6 nitrogen and oxygen atoms in total. The van der Waals surface area contributed by atoms with Crippen molar-refractivity contribution in [2.45, 2.75) is 4.90 Å². The number of aryl methyl sites for hydroxylation is 1. The molecule has 1 aromatic carbocycles. The van der Waals surface area contributed by atoms with Gasteiger partial charge in [-0.3, -0.25) is 9.67 Å². The van der Waals surface area contributed by atoms with Gasteiger partial charge in [0, 0.05) is 42.2 Å². The maximum atomic E-state index is 12.0. The quantitative estimate of drug-likeness (QED) is 0.605. The summed E-state index contributed by atoms with van der Waals surface area (Å²) in [6, 6.07) is 10.9. The first-order chi connectivity index (χ1) is 11.9. The average Bonchev–Trinajstić information content (AvgIpc) is 3.19. The molecule has 0 bridgehead atoms. The molecular weight excluding hydrogens is 336 g/mol. The number of hydrogen-bond acceptors (Lipinski definition) is 5. The van der Waals surface area contributed by atoms with Gasteiger partial charge in [0.15, 0.2) is 5.58 Å². The molecule has 126 valence electrons. The van der Waals surface area contributed by atoms with E-state index in [0.29, 0.717) is 16.2 Å². The SMILES string of the molecule is Cn1cc(-c2cc3nccc(-c4cccc(S(C)(=N)=O)c4)c3o2)cn1. The first-order valence-electron chi connectivity index (χ1n) is 7.63. The molecule has 0 aliphatic heterocycles. The highest BCUT2D eigenvalue weighted by molar-refractivity contribution is 7.91. The molecule has 4 rings (SSSR count). The second-order valence-electron chi connectivity index (χ2n) is 5.96. The third-order valence-corrected chi connectivity index (χ3v) is 5.15. The maximum Gasteiger partial charge on any atom is 0.161 e. The summed E-state index contributed by atoms with van der Waals surface area (Å²) in [5, 5.41) is 4.17. The monoisotopic (exact) mass is 352 g/mol. The number of aromatic nitrogens is 3. The van der Waals surface area contributed by atoms with Crippen LogP contribution in [0.15, 0.2) is 64.3 Å². The molecule has 1 atom stereocenters. The normalized spacial score (nSPS) is 13.8. The van der Waals surface area contributed by atoms with E-state index < -0.39 is 9.73 Å². The Morgan fingerprint density at radius 2 is 2.04 bits per heavy atom. The van der Waals surface area contributed by atoms with Crippen LogP contribution in [-0.4, -0.2) is 25.2 Å². The second-order valence-corrected chi connectivity index (χ2v) is 8.12. The number of pyridine rings is 1. The smallest absolute Gasteiger partial charge is 0.161 e. The van der Waals surface area contributed by atoms with Gasteiger partial charge in [0.1, 0.15) is 11.3 Å². The largest absolute Gasteiger partial charge is 0.454 e. The van der Waals surface area contributed by atoms with E-state index in [1.807, 2.05) is 31.4 Å². The lowest BCUT2D eigenvalue weighted by molar-refractivity contribution is 0.632. The van der Waals surface area contributed by atoms with Crippen LogP contribution in [0.25, 0.3) is 33.6 Å². The standard InChI is InChI=1S/C18H16N4O2S/c1-22-11-13(10-21-22)17-9-16-18(24-17)15(6-7-20-16)12-4-3-5-14(8-12)25(2,19)23/h3-11,19H,1-2H3. The Labute approximate surface area is 145 Å². The minimum Gasteiger partial charge on any atom is -0.454 e. The molecule has 4 aromatic rings. The predicted molar refractivity (Wildman–Crippen MR) is 96.7 cm³/mol. The number of nitrogens with zero attached hydrogens (tertiary/aromatic N) is 3. The van der Waals surface area contributed by atoms with Crippen molar-refractivity contribution in [2.75, 3.05) is 6.26 Å². The van der Waals surface area contributed by atoms with Crippen LogP contribution in [-0.2, 0) is 16.8 Å². The Morgan fingerprint density at radius 1 is 1.20 bits per heavy atom. The van der Waals surface area contributed by atoms with E-state index >= 15 is 0 Å². The Hall–Kier alpha value is -2.93. The number of fused-ring (bicyclic) bond motifs is 1. The van der Waals surface area contributed by atoms with Crippen molar-refractivity contribution in [3.63, 3.8) is 0 Å². The Morgan fingerprint density at radius 3 is 2.76 bits per heavy atom. The summed E-state index contributed by atoms with van der Waals surface area (Å²) < 4.78 is 27.6. The molecule has 3 aromatic heterocycles. The minimum atomic E-state index is -2.78. The van der Waals surface area contributed by atoms with E-state index in [1.54, 1.807) is 35.3 Å². The van der Waals surface area contributed by atoms with Crippen molar-refractivity contribution in [2.24, 2.45) is 7.05 Å². The highest BCUT2D eigenvalue weighted by atomic mass is 32.2. The zero-order valence-electron chi connectivity index (χ0n) is 13.8. The van der Waals surface area contributed by atoms with Crippen LogP contribution in [0.2, 0.25) is 0 Å². The van der Waals surface area contributed by atoms with Gasteiger partial charge in [0.2, 0.25) is 0 Å². The lowest BCUT2D eigenvalue weighted by Gasteiger charge is -2.06. The zero-order chi connectivity index (χ0) is 17.6. The van der Waals surface area contributed by atoms with Crippen LogP contribution in [0, 0.1) is 4.78 Å². The minimum absolute atomic E-state index is 0.494. The van der Waals surface area contributed by atoms with Crippen LogP contribution in [0.3, 0.4) is 0 Å². The second kappa shape index (κ2) is 5.56. The maximum absolute atomic E-state index is 12.0. The van der Waals surface area contributed by atoms with Crippen molar-refractivity contribution in [3.05, 3.63) is 55.0 Å². The summed E-state index contributed by atoms with van der Waals surface area (Å²) in [6.45, 7) is 0. The van der Waals surface area contributed by atoms with Gasteiger partial charge in [-0.25, -0.2) is 8.99 Å². The average molecular weight is 352 g/mol. The molecule has 3 heterocycles. The lowest BCUT2D eigenvalue weighted by Crippen LogP contribution is -1.94. The number of benzene rings is 1. The number of rotatable bonds is 3. The molecule has 0 saturated carbocycles. The highest BCUT2D eigenvalue weighted by Crippen LogP contribution is 2.34. The number of furan rings is 1. The number of nitrogens with one attached hydrogen (secondary N) is 1. The van der Waals surface area contributed by atoms with Crippen LogP contribution < -0.4 is 0 Å². The molecule has 0 radical (unpaired) electrons. The van der Waals surface area contributed by atoms with Crippen molar-refractivity contribution < 1.29 is 8.63 Å². The molecule has 0 fully saturated rings. The molecule has 25 heavy (non-hydrogen) atoms. The van der Waals surface area contributed by atoms with E-state index in [9.17, 15) is 4.21 Å². The molecule has 7 heteroatoms. The van der Waals surface area contributed by atoms with Crippen LogP contribution in [0.4, 0.5) is 0 Å². The van der Waals surface area contributed by atoms with Gasteiger partial charge < -0.3 is 4.42 Å². The van der Waals surface area contributed by atoms with Crippen LogP contribution in [0.5, 0.6) is 0 Å². The summed E-state index contributed by atoms with van der Waals surface area (Å²) in [6.07, 6.45) is 6.76.